The van der Waals surface area contributed by atoms with E-state index in [0.717, 1.165) is 102 Å². The Kier molecular flexibility index (Phi) is 57.7. The van der Waals surface area contributed by atoms with Crippen molar-refractivity contribution in [3.05, 3.63) is 0 Å². The molecular weight excluding hydrogens is 1010 g/mol. The number of aliphatic hydroxyl groups is 4. The molecule has 0 radical (unpaired) electrons. The topological polar surface area (TPSA) is 140 Å². The number of unbranched alkanes of at least 4 members (excludes halogenated alkanes) is 29. The summed E-state index contributed by atoms with van der Waals surface area (Å²) < 4.78 is 0. The molecule has 466 valence electrons. The molecule has 5 N–H and O–H groups in total. The van der Waals surface area contributed by atoms with Crippen LogP contribution in [0.25, 0.3) is 0 Å². The van der Waals surface area contributed by atoms with Gasteiger partial charge < -0.3 is 35.5 Å². The van der Waals surface area contributed by atoms with Crippen molar-refractivity contribution in [1.29, 1.82) is 0 Å². The van der Waals surface area contributed by atoms with Gasteiger partial charge in [0.25, 0.3) is 0 Å². The van der Waals surface area contributed by atoms with Gasteiger partial charge in [0.15, 0.2) is 0 Å². The number of nitrogens with zero attached hydrogens (tertiary/aromatic N) is 4. The Bertz CT molecular complexity index is 1220. The molecule has 0 bridgehead atoms. The molecular formula is C65H133N5O6S2. The molecule has 5 atom stereocenters. The van der Waals surface area contributed by atoms with Crippen molar-refractivity contribution in [2.45, 2.75) is 321 Å². The number of aliphatic hydroxyl groups excluding tert-OH is 4. The third-order valence-corrected chi connectivity index (χ3v) is 18.3. The summed E-state index contributed by atoms with van der Waals surface area (Å²) in [5.41, 5.74) is 0. The average Bonchev–Trinajstić information content (AvgIpc) is 3.41. The van der Waals surface area contributed by atoms with Gasteiger partial charge in [-0.05, 0) is 78.6 Å². The van der Waals surface area contributed by atoms with E-state index in [1.807, 2.05) is 31.9 Å². The number of likely N-dealkylation sites (N-methyl/N-ethyl adjacent to an activating group) is 2. The molecule has 0 saturated carbocycles. The molecule has 0 rings (SSSR count). The van der Waals surface area contributed by atoms with Gasteiger partial charge in [0.05, 0.1) is 24.4 Å². The molecule has 11 nitrogen and oxygen atoms in total. The maximum Gasteiger partial charge on any atom is 0.244 e. The van der Waals surface area contributed by atoms with Gasteiger partial charge in [0.1, 0.15) is 6.04 Å². The highest BCUT2D eigenvalue weighted by Gasteiger charge is 2.25. The summed E-state index contributed by atoms with van der Waals surface area (Å²) in [6, 6.07) is -0.598. The second-order valence-corrected chi connectivity index (χ2v) is 26.8. The van der Waals surface area contributed by atoms with E-state index in [0.29, 0.717) is 52.1 Å². The van der Waals surface area contributed by atoms with Crippen LogP contribution in [0.4, 0.5) is 0 Å². The Labute approximate surface area is 492 Å². The van der Waals surface area contributed by atoms with Gasteiger partial charge in [-0.1, -0.05) is 255 Å². The molecule has 5 unspecified atom stereocenters. The lowest BCUT2D eigenvalue weighted by atomic mass is 10.0. The van der Waals surface area contributed by atoms with Crippen LogP contribution in [0.3, 0.4) is 0 Å². The van der Waals surface area contributed by atoms with E-state index in [9.17, 15) is 30.0 Å². The van der Waals surface area contributed by atoms with Gasteiger partial charge in [-0.15, -0.1) is 0 Å². The Morgan fingerprint density at radius 3 is 1.04 bits per heavy atom. The lowest BCUT2D eigenvalue weighted by Crippen LogP contribution is -2.49. The van der Waals surface area contributed by atoms with Crippen LogP contribution < -0.4 is 5.32 Å². The number of amides is 2. The Hall–Kier alpha value is -0.640. The molecule has 13 heteroatoms. The molecule has 0 saturated heterocycles. The largest absolute Gasteiger partial charge is 0.392 e. The highest BCUT2D eigenvalue weighted by molar-refractivity contribution is 8.76. The Morgan fingerprint density at radius 1 is 0.372 bits per heavy atom. The van der Waals surface area contributed by atoms with Crippen molar-refractivity contribution in [3.63, 3.8) is 0 Å². The van der Waals surface area contributed by atoms with Gasteiger partial charge in [-0.3, -0.25) is 19.4 Å². The van der Waals surface area contributed by atoms with E-state index in [2.05, 4.69) is 47.7 Å². The van der Waals surface area contributed by atoms with Crippen LogP contribution in [0.5, 0.6) is 0 Å². The predicted molar refractivity (Wildman–Crippen MR) is 342 cm³/mol. The number of carbonyl (C=O) groups excluding carboxylic acids is 2. The second-order valence-electron chi connectivity index (χ2n) is 24.1. The third-order valence-electron chi connectivity index (χ3n) is 15.7. The summed E-state index contributed by atoms with van der Waals surface area (Å²) >= 11 is 0. The zero-order valence-corrected chi connectivity index (χ0v) is 54.3. The quantitative estimate of drug-likeness (QED) is 0.0294. The number of carbonyl (C=O) groups is 2. The summed E-state index contributed by atoms with van der Waals surface area (Å²) in [6.45, 7) is 14.1. The fraction of sp³-hybridized carbons (Fsp3) is 0.969. The number of hydrogen-bond acceptors (Lipinski definition) is 11. The van der Waals surface area contributed by atoms with E-state index in [-0.39, 0.29) is 30.4 Å². The molecule has 0 spiro atoms. The highest BCUT2D eigenvalue weighted by Crippen LogP contribution is 2.25. The highest BCUT2D eigenvalue weighted by atomic mass is 33.1. The molecule has 0 heterocycles. The minimum atomic E-state index is -0.598. The first-order chi connectivity index (χ1) is 37.9. The zero-order chi connectivity index (χ0) is 57.5. The van der Waals surface area contributed by atoms with Crippen molar-refractivity contribution < 1.29 is 30.0 Å². The monoisotopic (exact) mass is 1140 g/mol. The van der Waals surface area contributed by atoms with Gasteiger partial charge in [0, 0.05) is 64.2 Å². The minimum Gasteiger partial charge on any atom is -0.392 e. The SMILES string of the molecule is CCCCCCCCCCC(O)CN(CCCCSSCCC(NC(=O)CCCN(CC(O)CCCCCCCCCC)CC(O)CCCCCCCCCC)C(=O)N(C)CCN(C)C)CC(O)CCCCCCCCCC. The van der Waals surface area contributed by atoms with Crippen molar-refractivity contribution in [2.24, 2.45) is 0 Å². The smallest absolute Gasteiger partial charge is 0.244 e. The summed E-state index contributed by atoms with van der Waals surface area (Å²) in [6.07, 6.45) is 44.8. The molecule has 0 aliphatic rings. The maximum absolute atomic E-state index is 13.8. The minimum absolute atomic E-state index is 0.0557. The molecule has 78 heavy (non-hydrogen) atoms. The summed E-state index contributed by atoms with van der Waals surface area (Å²) in [7, 11) is 9.43. The molecule has 0 aromatic rings. The zero-order valence-electron chi connectivity index (χ0n) is 52.7. The van der Waals surface area contributed by atoms with Gasteiger partial charge in [0.2, 0.25) is 11.8 Å². The maximum atomic E-state index is 13.8. The molecule has 0 aromatic heterocycles. The van der Waals surface area contributed by atoms with Crippen LogP contribution in [0.2, 0.25) is 0 Å². The Balaban J connectivity index is 5.32. The van der Waals surface area contributed by atoms with E-state index in [1.165, 1.54) is 167 Å². The Morgan fingerprint density at radius 2 is 0.692 bits per heavy atom. The van der Waals surface area contributed by atoms with E-state index in [4.69, 9.17) is 0 Å². The molecule has 0 aliphatic carbocycles. The summed E-state index contributed by atoms with van der Waals surface area (Å²) in [5.74, 6) is 1.54. The van der Waals surface area contributed by atoms with Crippen LogP contribution in [0, 0.1) is 0 Å². The number of rotatable bonds is 62. The van der Waals surface area contributed by atoms with Crippen LogP contribution in [0.1, 0.15) is 291 Å². The fourth-order valence-corrected chi connectivity index (χ4v) is 12.9. The number of nitrogens with one attached hydrogen (secondary N) is 1. The first-order valence-corrected chi connectivity index (χ1v) is 36.0. The van der Waals surface area contributed by atoms with E-state index in [1.54, 1.807) is 15.7 Å². The standard InChI is InChI=1S/C65H133N5O6S2/c1-8-12-16-20-24-28-32-36-43-59(71)55-69(56-60(72)44-37-33-29-25-21-17-13-9-2)49-40-41-53-77-78-54-48-63(65(76)68(7)52-51-67(5)6)66-64(75)47-42-50-70(57-61(73)45-38-34-30-26-22-18-14-10-3)58-62(74)46-39-35-31-27-23-19-15-11-4/h59-63,71-74H,8-58H2,1-7H3,(H,66,75). The van der Waals surface area contributed by atoms with Crippen molar-refractivity contribution >= 4 is 33.4 Å². The first kappa shape index (κ1) is 77.4. The molecule has 0 aliphatic heterocycles. The average molecular weight is 1140 g/mol. The molecule has 2 amide bonds. The van der Waals surface area contributed by atoms with Gasteiger partial charge in [-0.2, -0.15) is 0 Å². The van der Waals surface area contributed by atoms with E-state index < -0.39 is 18.2 Å². The summed E-state index contributed by atoms with van der Waals surface area (Å²) in [4.78, 5) is 35.8. The molecule has 0 fully saturated rings. The molecule has 0 aromatic carbocycles. The predicted octanol–water partition coefficient (Wildman–Crippen LogP) is 15.0. The lowest BCUT2D eigenvalue weighted by Gasteiger charge is -2.28. The van der Waals surface area contributed by atoms with E-state index >= 15 is 0 Å². The van der Waals surface area contributed by atoms with Crippen molar-refractivity contribution in [2.75, 3.05) is 85.0 Å². The van der Waals surface area contributed by atoms with Gasteiger partial charge in [-0.25, -0.2) is 0 Å². The van der Waals surface area contributed by atoms with Crippen molar-refractivity contribution in [3.8, 4) is 0 Å². The fourth-order valence-electron chi connectivity index (χ4n) is 10.6. The van der Waals surface area contributed by atoms with Gasteiger partial charge >= 0.3 is 0 Å². The van der Waals surface area contributed by atoms with Crippen molar-refractivity contribution in [1.82, 2.24) is 24.9 Å². The first-order valence-electron chi connectivity index (χ1n) is 33.5. The van der Waals surface area contributed by atoms with Crippen LogP contribution in [-0.2, 0) is 9.59 Å². The third kappa shape index (κ3) is 52.2. The van der Waals surface area contributed by atoms with Crippen LogP contribution >= 0.6 is 21.6 Å². The normalized spacial score (nSPS) is 13.9. The number of hydrogen-bond donors (Lipinski definition) is 5. The van der Waals surface area contributed by atoms with Crippen LogP contribution in [0.15, 0.2) is 0 Å². The summed E-state index contributed by atoms with van der Waals surface area (Å²) in [5, 5.41) is 47.6. The van der Waals surface area contributed by atoms with Crippen LogP contribution in [-0.4, -0.2) is 167 Å². The second kappa shape index (κ2) is 58.1. The lowest BCUT2D eigenvalue weighted by molar-refractivity contribution is -0.135.